The Hall–Kier alpha value is -3.06. The highest BCUT2D eigenvalue weighted by molar-refractivity contribution is 5.60. The average Bonchev–Trinajstić information content (AvgIpc) is 2.61. The highest BCUT2D eigenvalue weighted by atomic mass is 16.3. The number of pyridine rings is 1. The van der Waals surface area contributed by atoms with Gasteiger partial charge in [-0.15, -0.1) is 0 Å². The Kier molecular flexibility index (Phi) is 4.93. The molecule has 1 atom stereocenters. The van der Waals surface area contributed by atoms with E-state index in [0.717, 1.165) is 11.3 Å². The van der Waals surface area contributed by atoms with Crippen LogP contribution in [-0.4, -0.2) is 37.7 Å². The second-order valence-electron chi connectivity index (χ2n) is 5.26. The molecule has 1 unspecified atom stereocenters. The third kappa shape index (κ3) is 4.23. The summed E-state index contributed by atoms with van der Waals surface area (Å²) in [6.07, 6.45) is 2.88. The fraction of sp³-hybridized carbons (Fsp3) is 0.176. The molecule has 3 rings (SSSR count). The summed E-state index contributed by atoms with van der Waals surface area (Å²) in [4.78, 5) is 17.2. The smallest absolute Gasteiger partial charge is 0.232 e. The summed E-state index contributed by atoms with van der Waals surface area (Å²) in [5.41, 5.74) is 1.72. The quantitative estimate of drug-likeness (QED) is 0.641. The molecule has 3 aromatic rings. The van der Waals surface area contributed by atoms with Gasteiger partial charge in [0, 0.05) is 30.2 Å². The normalized spacial score (nSPS) is 11.8. The molecule has 3 N–H and O–H groups in total. The lowest BCUT2D eigenvalue weighted by Gasteiger charge is -2.11. The number of aliphatic hydroxyl groups excluding tert-OH is 1. The summed E-state index contributed by atoms with van der Waals surface area (Å²) in [5, 5.41) is 15.6. The lowest BCUT2D eigenvalue weighted by atomic mass is 10.2. The van der Waals surface area contributed by atoms with E-state index in [9.17, 15) is 5.11 Å². The van der Waals surface area contributed by atoms with E-state index in [4.69, 9.17) is 0 Å². The zero-order chi connectivity index (χ0) is 16.8. The predicted octanol–water partition coefficient (Wildman–Crippen LogP) is 2.47. The molecule has 2 heterocycles. The van der Waals surface area contributed by atoms with Crippen molar-refractivity contribution >= 4 is 17.6 Å². The topological polar surface area (TPSA) is 95.8 Å². The lowest BCUT2D eigenvalue weighted by molar-refractivity contribution is 0.208. The van der Waals surface area contributed by atoms with Crippen molar-refractivity contribution in [2.24, 2.45) is 0 Å². The van der Waals surface area contributed by atoms with Crippen LogP contribution in [0.5, 0.6) is 0 Å². The maximum atomic E-state index is 9.45. The predicted molar refractivity (Wildman–Crippen MR) is 93.0 cm³/mol. The third-order valence-corrected chi connectivity index (χ3v) is 3.16. The zero-order valence-electron chi connectivity index (χ0n) is 13.2. The van der Waals surface area contributed by atoms with Gasteiger partial charge in [-0.05, 0) is 19.1 Å². The molecule has 0 aliphatic rings. The van der Waals surface area contributed by atoms with Gasteiger partial charge in [0.05, 0.1) is 6.10 Å². The molecule has 0 saturated carbocycles. The van der Waals surface area contributed by atoms with E-state index in [1.54, 1.807) is 19.3 Å². The molecule has 2 aromatic heterocycles. The number of anilines is 3. The van der Waals surface area contributed by atoms with Crippen LogP contribution in [0, 0.1) is 0 Å². The van der Waals surface area contributed by atoms with Crippen molar-refractivity contribution < 1.29 is 5.11 Å². The number of benzene rings is 1. The molecular weight excluding hydrogens is 304 g/mol. The molecular formula is C17H18N6O. The van der Waals surface area contributed by atoms with Gasteiger partial charge in [0.1, 0.15) is 0 Å². The van der Waals surface area contributed by atoms with Gasteiger partial charge in [-0.2, -0.15) is 15.0 Å². The first-order chi connectivity index (χ1) is 11.7. The lowest BCUT2D eigenvalue weighted by Crippen LogP contribution is -2.17. The highest BCUT2D eigenvalue weighted by Crippen LogP contribution is 2.19. The zero-order valence-corrected chi connectivity index (χ0v) is 13.2. The Labute approximate surface area is 139 Å². The molecule has 1 aromatic carbocycles. The van der Waals surface area contributed by atoms with Crippen LogP contribution in [0.4, 0.5) is 17.6 Å². The third-order valence-electron chi connectivity index (χ3n) is 3.16. The van der Waals surface area contributed by atoms with Crippen molar-refractivity contribution in [3.63, 3.8) is 0 Å². The van der Waals surface area contributed by atoms with Crippen LogP contribution in [0.1, 0.15) is 6.92 Å². The largest absolute Gasteiger partial charge is 0.392 e. The van der Waals surface area contributed by atoms with Crippen LogP contribution in [0.15, 0.2) is 54.9 Å². The van der Waals surface area contributed by atoms with Gasteiger partial charge in [0.25, 0.3) is 0 Å². The molecule has 0 amide bonds. The monoisotopic (exact) mass is 322 g/mol. The molecule has 0 aliphatic heterocycles. The average molecular weight is 322 g/mol. The van der Waals surface area contributed by atoms with Crippen LogP contribution in [0.2, 0.25) is 0 Å². The number of rotatable bonds is 6. The molecule has 0 spiro atoms. The summed E-state index contributed by atoms with van der Waals surface area (Å²) < 4.78 is 0. The maximum Gasteiger partial charge on any atom is 0.232 e. The number of aliphatic hydroxyl groups is 1. The molecule has 7 heteroatoms. The standard InChI is InChI=1S/C17H18N6O/c1-12(24)11-19-16-21-15(13-5-3-2-4-6-13)22-17(23-16)20-14-7-9-18-10-8-14/h2-10,12,24H,11H2,1H3,(H2,18,19,20,21,22,23). The minimum absolute atomic E-state index is 0.354. The van der Waals surface area contributed by atoms with Gasteiger partial charge in [-0.25, -0.2) is 0 Å². The summed E-state index contributed by atoms with van der Waals surface area (Å²) in [6, 6.07) is 13.3. The Morgan fingerprint density at radius 2 is 1.67 bits per heavy atom. The molecule has 0 radical (unpaired) electrons. The Bertz CT molecular complexity index is 780. The van der Waals surface area contributed by atoms with Gasteiger partial charge in [-0.1, -0.05) is 30.3 Å². The van der Waals surface area contributed by atoms with Crippen LogP contribution in [0.3, 0.4) is 0 Å². The van der Waals surface area contributed by atoms with Gasteiger partial charge in [0.15, 0.2) is 5.82 Å². The number of nitrogens with one attached hydrogen (secondary N) is 2. The Balaban J connectivity index is 1.93. The van der Waals surface area contributed by atoms with E-state index in [1.165, 1.54) is 0 Å². The fourth-order valence-electron chi connectivity index (χ4n) is 2.03. The summed E-state index contributed by atoms with van der Waals surface area (Å²) in [7, 11) is 0. The van der Waals surface area contributed by atoms with E-state index in [0.29, 0.717) is 24.3 Å². The van der Waals surface area contributed by atoms with Crippen LogP contribution < -0.4 is 10.6 Å². The van der Waals surface area contributed by atoms with Crippen LogP contribution >= 0.6 is 0 Å². The number of hydrogen-bond donors (Lipinski definition) is 3. The van der Waals surface area contributed by atoms with Crippen LogP contribution in [-0.2, 0) is 0 Å². The Morgan fingerprint density at radius 3 is 2.38 bits per heavy atom. The second kappa shape index (κ2) is 7.47. The summed E-state index contributed by atoms with van der Waals surface area (Å²) in [6.45, 7) is 2.05. The molecule has 24 heavy (non-hydrogen) atoms. The molecule has 7 nitrogen and oxygen atoms in total. The fourth-order valence-corrected chi connectivity index (χ4v) is 2.03. The van der Waals surface area contributed by atoms with Gasteiger partial charge < -0.3 is 15.7 Å². The van der Waals surface area contributed by atoms with Gasteiger partial charge >= 0.3 is 0 Å². The molecule has 0 aliphatic carbocycles. The minimum atomic E-state index is -0.501. The number of hydrogen-bond acceptors (Lipinski definition) is 7. The number of aromatic nitrogens is 4. The molecule has 0 bridgehead atoms. The molecule has 0 saturated heterocycles. The van der Waals surface area contributed by atoms with Crippen molar-refractivity contribution in [3.05, 3.63) is 54.9 Å². The van der Waals surface area contributed by atoms with E-state index in [1.807, 2.05) is 42.5 Å². The van der Waals surface area contributed by atoms with Crippen molar-refractivity contribution in [3.8, 4) is 11.4 Å². The van der Waals surface area contributed by atoms with Crippen LogP contribution in [0.25, 0.3) is 11.4 Å². The van der Waals surface area contributed by atoms with E-state index in [-0.39, 0.29) is 0 Å². The maximum absolute atomic E-state index is 9.45. The second-order valence-corrected chi connectivity index (χ2v) is 5.26. The Morgan fingerprint density at radius 1 is 0.958 bits per heavy atom. The van der Waals surface area contributed by atoms with E-state index in [2.05, 4.69) is 30.6 Å². The van der Waals surface area contributed by atoms with E-state index < -0.39 is 6.10 Å². The minimum Gasteiger partial charge on any atom is -0.392 e. The summed E-state index contributed by atoms with van der Waals surface area (Å²) in [5.74, 6) is 1.37. The summed E-state index contributed by atoms with van der Waals surface area (Å²) >= 11 is 0. The van der Waals surface area contributed by atoms with Crippen molar-refractivity contribution in [1.29, 1.82) is 0 Å². The highest BCUT2D eigenvalue weighted by Gasteiger charge is 2.09. The van der Waals surface area contributed by atoms with Gasteiger partial charge in [-0.3, -0.25) is 4.98 Å². The molecule has 122 valence electrons. The SMILES string of the molecule is CC(O)CNc1nc(Nc2ccncc2)nc(-c2ccccc2)n1. The number of nitrogens with zero attached hydrogens (tertiary/aromatic N) is 4. The first kappa shape index (κ1) is 15.8. The van der Waals surface area contributed by atoms with Crippen molar-refractivity contribution in [2.45, 2.75) is 13.0 Å². The van der Waals surface area contributed by atoms with Gasteiger partial charge in [0.2, 0.25) is 11.9 Å². The first-order valence-corrected chi connectivity index (χ1v) is 7.61. The van der Waals surface area contributed by atoms with E-state index >= 15 is 0 Å². The first-order valence-electron chi connectivity index (χ1n) is 7.61. The van der Waals surface area contributed by atoms with Crippen molar-refractivity contribution in [1.82, 2.24) is 19.9 Å². The molecule has 0 fully saturated rings. The van der Waals surface area contributed by atoms with Crippen molar-refractivity contribution in [2.75, 3.05) is 17.2 Å².